The fraction of sp³-hybridized carbons (Fsp3) is 1.00. The number of likely N-dealkylation sites (tertiary alicyclic amines) is 1. The molecule has 3 N–H and O–H groups in total. The molecule has 1 aliphatic heterocycles. The molecular formula is C12H27N3O2S. The van der Waals surface area contributed by atoms with Crippen LogP contribution >= 0.6 is 0 Å². The van der Waals surface area contributed by atoms with E-state index in [1.807, 2.05) is 0 Å². The molecule has 0 aromatic rings. The average molecular weight is 277 g/mol. The lowest BCUT2D eigenvalue weighted by Crippen LogP contribution is -2.41. The highest BCUT2D eigenvalue weighted by atomic mass is 32.2. The van der Waals surface area contributed by atoms with E-state index >= 15 is 0 Å². The van der Waals surface area contributed by atoms with Crippen LogP contribution in [-0.2, 0) is 10.0 Å². The summed E-state index contributed by atoms with van der Waals surface area (Å²) < 4.78 is 26.0. The van der Waals surface area contributed by atoms with Gasteiger partial charge >= 0.3 is 0 Å². The molecule has 18 heavy (non-hydrogen) atoms. The molecule has 2 unspecified atom stereocenters. The molecule has 0 amide bonds. The first kappa shape index (κ1) is 15.9. The third-order valence-corrected chi connectivity index (χ3v) is 5.59. The van der Waals surface area contributed by atoms with Gasteiger partial charge in [0.25, 0.3) is 0 Å². The molecule has 2 atom stereocenters. The molecule has 1 rings (SSSR count). The van der Waals surface area contributed by atoms with Crippen molar-refractivity contribution in [3.05, 3.63) is 0 Å². The molecule has 1 heterocycles. The average Bonchev–Trinajstić information content (AvgIpc) is 2.35. The Bertz CT molecular complexity index is 332. The van der Waals surface area contributed by atoms with E-state index in [0.717, 1.165) is 19.5 Å². The van der Waals surface area contributed by atoms with Gasteiger partial charge in [0, 0.05) is 19.1 Å². The van der Waals surface area contributed by atoms with Crippen molar-refractivity contribution in [2.75, 3.05) is 26.2 Å². The number of piperidine rings is 1. The molecule has 0 aliphatic carbocycles. The summed E-state index contributed by atoms with van der Waals surface area (Å²) in [5.41, 5.74) is 5.37. The van der Waals surface area contributed by atoms with Gasteiger partial charge in [0.05, 0.1) is 5.25 Å². The predicted octanol–water partition coefficient (Wildman–Crippen LogP) is 0.518. The van der Waals surface area contributed by atoms with Gasteiger partial charge in [0.1, 0.15) is 0 Å². The summed E-state index contributed by atoms with van der Waals surface area (Å²) in [5.74, 6) is 0. The predicted molar refractivity (Wildman–Crippen MR) is 74.9 cm³/mol. The number of nitrogens with zero attached hydrogens (tertiary/aromatic N) is 1. The van der Waals surface area contributed by atoms with Crippen LogP contribution in [0.2, 0.25) is 0 Å². The van der Waals surface area contributed by atoms with Crippen LogP contribution in [0, 0.1) is 0 Å². The first-order valence-electron chi connectivity index (χ1n) is 6.90. The molecular weight excluding hydrogens is 250 g/mol. The molecule has 0 aromatic carbocycles. The minimum absolute atomic E-state index is 0.165. The van der Waals surface area contributed by atoms with Crippen molar-refractivity contribution in [3.8, 4) is 0 Å². The Kier molecular flexibility index (Phi) is 6.55. The summed E-state index contributed by atoms with van der Waals surface area (Å²) in [6.07, 6.45) is 4.70. The maximum atomic E-state index is 11.7. The van der Waals surface area contributed by atoms with Gasteiger partial charge in [-0.2, -0.15) is 0 Å². The second kappa shape index (κ2) is 7.43. The summed E-state index contributed by atoms with van der Waals surface area (Å²) in [5, 5.41) is -0.508. The lowest BCUT2D eigenvalue weighted by Gasteiger charge is -2.33. The van der Waals surface area contributed by atoms with Crippen LogP contribution in [0.4, 0.5) is 0 Å². The van der Waals surface area contributed by atoms with Gasteiger partial charge < -0.3 is 10.6 Å². The standard InChI is InChI=1S/C12H27N3O2S/c1-11-6-3-4-8-15(11)9-5-7-14-18(16,17)12(2)10-13/h11-12,14H,3-10,13H2,1-2H3. The van der Waals surface area contributed by atoms with Crippen molar-refractivity contribution in [1.29, 1.82) is 0 Å². The third kappa shape index (κ3) is 4.84. The van der Waals surface area contributed by atoms with E-state index in [1.54, 1.807) is 6.92 Å². The van der Waals surface area contributed by atoms with Gasteiger partial charge in [0.2, 0.25) is 10.0 Å². The minimum Gasteiger partial charge on any atom is -0.329 e. The summed E-state index contributed by atoms with van der Waals surface area (Å²) >= 11 is 0. The zero-order chi connectivity index (χ0) is 13.6. The highest BCUT2D eigenvalue weighted by molar-refractivity contribution is 7.90. The first-order chi connectivity index (χ1) is 8.47. The van der Waals surface area contributed by atoms with Crippen LogP contribution in [0.5, 0.6) is 0 Å². The normalized spacial score (nSPS) is 24.1. The summed E-state index contributed by atoms with van der Waals surface area (Å²) in [6.45, 7) is 6.68. The Morgan fingerprint density at radius 3 is 2.78 bits per heavy atom. The van der Waals surface area contributed by atoms with Gasteiger partial charge in [0.15, 0.2) is 0 Å². The lowest BCUT2D eigenvalue weighted by atomic mass is 10.0. The number of sulfonamides is 1. The molecule has 0 saturated carbocycles. The van der Waals surface area contributed by atoms with E-state index in [9.17, 15) is 8.42 Å². The number of hydrogen-bond acceptors (Lipinski definition) is 4. The van der Waals surface area contributed by atoms with E-state index in [0.29, 0.717) is 12.6 Å². The van der Waals surface area contributed by atoms with Crippen molar-refractivity contribution in [2.45, 2.75) is 50.8 Å². The Balaban J connectivity index is 2.22. The van der Waals surface area contributed by atoms with Gasteiger partial charge in [-0.25, -0.2) is 13.1 Å². The van der Waals surface area contributed by atoms with Gasteiger partial charge in [-0.1, -0.05) is 6.42 Å². The largest absolute Gasteiger partial charge is 0.329 e. The highest BCUT2D eigenvalue weighted by Crippen LogP contribution is 2.16. The molecule has 1 aliphatic rings. The Morgan fingerprint density at radius 2 is 2.17 bits per heavy atom. The van der Waals surface area contributed by atoms with Crippen molar-refractivity contribution in [3.63, 3.8) is 0 Å². The zero-order valence-corrected chi connectivity index (χ0v) is 12.4. The van der Waals surface area contributed by atoms with E-state index in [-0.39, 0.29) is 6.54 Å². The summed E-state index contributed by atoms with van der Waals surface area (Å²) in [6, 6.07) is 0.637. The second-order valence-electron chi connectivity index (χ2n) is 5.22. The maximum Gasteiger partial charge on any atom is 0.215 e. The number of nitrogens with one attached hydrogen (secondary N) is 1. The van der Waals surface area contributed by atoms with Crippen molar-refractivity contribution < 1.29 is 8.42 Å². The van der Waals surface area contributed by atoms with Crippen LogP contribution in [0.25, 0.3) is 0 Å². The number of nitrogens with two attached hydrogens (primary N) is 1. The molecule has 0 radical (unpaired) electrons. The van der Waals surface area contributed by atoms with Crippen LogP contribution < -0.4 is 10.5 Å². The first-order valence-corrected chi connectivity index (χ1v) is 8.44. The van der Waals surface area contributed by atoms with Crippen molar-refractivity contribution in [2.24, 2.45) is 5.73 Å². The summed E-state index contributed by atoms with van der Waals surface area (Å²) in [7, 11) is -3.22. The molecule has 1 saturated heterocycles. The van der Waals surface area contributed by atoms with Gasteiger partial charge in [-0.15, -0.1) is 0 Å². The maximum absolute atomic E-state index is 11.7. The highest BCUT2D eigenvalue weighted by Gasteiger charge is 2.19. The van der Waals surface area contributed by atoms with E-state index < -0.39 is 15.3 Å². The van der Waals surface area contributed by atoms with Crippen molar-refractivity contribution in [1.82, 2.24) is 9.62 Å². The smallest absolute Gasteiger partial charge is 0.215 e. The van der Waals surface area contributed by atoms with E-state index in [1.165, 1.54) is 19.3 Å². The molecule has 1 fully saturated rings. The topological polar surface area (TPSA) is 75.4 Å². The fourth-order valence-corrected chi connectivity index (χ4v) is 3.22. The Hall–Kier alpha value is -0.170. The van der Waals surface area contributed by atoms with E-state index in [4.69, 9.17) is 5.73 Å². The number of hydrogen-bond donors (Lipinski definition) is 2. The Morgan fingerprint density at radius 1 is 1.44 bits per heavy atom. The molecule has 0 aromatic heterocycles. The van der Waals surface area contributed by atoms with Gasteiger partial charge in [-0.3, -0.25) is 0 Å². The molecule has 6 heteroatoms. The van der Waals surface area contributed by atoms with Crippen LogP contribution in [-0.4, -0.2) is 50.8 Å². The SMILES string of the molecule is CC1CCCCN1CCCNS(=O)(=O)C(C)CN. The summed E-state index contributed by atoms with van der Waals surface area (Å²) in [4.78, 5) is 2.45. The molecule has 0 bridgehead atoms. The molecule has 0 spiro atoms. The monoisotopic (exact) mass is 277 g/mol. The quantitative estimate of drug-likeness (QED) is 0.665. The minimum atomic E-state index is -3.22. The zero-order valence-electron chi connectivity index (χ0n) is 11.6. The third-order valence-electron chi connectivity index (χ3n) is 3.73. The van der Waals surface area contributed by atoms with E-state index in [2.05, 4.69) is 16.5 Å². The Labute approximate surface area is 111 Å². The van der Waals surface area contributed by atoms with Crippen LogP contribution in [0.15, 0.2) is 0 Å². The van der Waals surface area contributed by atoms with Crippen LogP contribution in [0.3, 0.4) is 0 Å². The molecule has 108 valence electrons. The molecule has 5 nitrogen and oxygen atoms in total. The van der Waals surface area contributed by atoms with Gasteiger partial charge in [-0.05, 0) is 46.2 Å². The van der Waals surface area contributed by atoms with Crippen LogP contribution in [0.1, 0.15) is 39.5 Å². The second-order valence-corrected chi connectivity index (χ2v) is 7.40. The fourth-order valence-electron chi connectivity index (χ4n) is 2.26. The number of rotatable bonds is 7. The van der Waals surface area contributed by atoms with Crippen molar-refractivity contribution >= 4 is 10.0 Å². The lowest BCUT2D eigenvalue weighted by molar-refractivity contribution is 0.159.